The lowest BCUT2D eigenvalue weighted by molar-refractivity contribution is -0.142. The fourth-order valence-corrected chi connectivity index (χ4v) is 4.88. The van der Waals surface area contributed by atoms with Crippen molar-refractivity contribution in [1.82, 2.24) is 20.4 Å². The van der Waals surface area contributed by atoms with Crippen LogP contribution >= 0.6 is 0 Å². The summed E-state index contributed by atoms with van der Waals surface area (Å²) in [5.41, 5.74) is 0.236. The van der Waals surface area contributed by atoms with Crippen molar-refractivity contribution in [3.05, 3.63) is 35.9 Å². The lowest BCUT2D eigenvalue weighted by Crippen LogP contribution is -2.56. The first-order valence-electron chi connectivity index (χ1n) is 13.3. The molecule has 0 radical (unpaired) electrons. The number of carbonyl (C=O) groups is 5. The average molecular weight is 529 g/mol. The summed E-state index contributed by atoms with van der Waals surface area (Å²) in [6, 6.07) is 6.35. The van der Waals surface area contributed by atoms with Gasteiger partial charge in [0.2, 0.25) is 17.7 Å². The highest BCUT2D eigenvalue weighted by Gasteiger charge is 2.43. The van der Waals surface area contributed by atoms with E-state index in [1.807, 2.05) is 30.3 Å². The van der Waals surface area contributed by atoms with Gasteiger partial charge >= 0.3 is 6.09 Å². The van der Waals surface area contributed by atoms with E-state index in [9.17, 15) is 24.0 Å². The average Bonchev–Trinajstić information content (AvgIpc) is 3.53. The molecule has 3 rings (SSSR count). The molecule has 2 saturated heterocycles. The normalized spacial score (nSPS) is 21.0. The third-order valence-electron chi connectivity index (χ3n) is 6.85. The van der Waals surface area contributed by atoms with E-state index in [-0.39, 0.29) is 11.7 Å². The van der Waals surface area contributed by atoms with Crippen LogP contribution in [-0.2, 0) is 30.3 Å². The molecule has 1 aromatic carbocycles. The van der Waals surface area contributed by atoms with Gasteiger partial charge in [0.15, 0.2) is 5.78 Å². The third-order valence-corrected chi connectivity index (χ3v) is 6.85. The number of hydrogen-bond acceptors (Lipinski definition) is 6. The maximum Gasteiger partial charge on any atom is 0.410 e. The Kier molecular flexibility index (Phi) is 9.51. The number of ether oxygens (including phenoxy) is 1. The van der Waals surface area contributed by atoms with Crippen LogP contribution in [-0.4, -0.2) is 82.3 Å². The second-order valence-corrected chi connectivity index (χ2v) is 11.1. The molecular formula is C28H40N4O6. The molecule has 2 aliphatic rings. The molecule has 0 saturated carbocycles. The number of benzene rings is 1. The Bertz CT molecular complexity index is 1040. The highest BCUT2D eigenvalue weighted by Crippen LogP contribution is 2.26. The van der Waals surface area contributed by atoms with Crippen molar-refractivity contribution in [1.29, 1.82) is 0 Å². The molecule has 38 heavy (non-hydrogen) atoms. The minimum absolute atomic E-state index is 0.181. The van der Waals surface area contributed by atoms with Crippen molar-refractivity contribution < 1.29 is 28.7 Å². The van der Waals surface area contributed by atoms with Crippen LogP contribution in [0.5, 0.6) is 0 Å². The molecule has 2 heterocycles. The Morgan fingerprint density at radius 1 is 0.947 bits per heavy atom. The number of amides is 4. The van der Waals surface area contributed by atoms with Crippen LogP contribution < -0.4 is 10.6 Å². The number of rotatable bonds is 8. The minimum atomic E-state index is -0.901. The number of carbonyl (C=O) groups excluding carboxylic acids is 5. The van der Waals surface area contributed by atoms with Gasteiger partial charge in [-0.25, -0.2) is 4.79 Å². The van der Waals surface area contributed by atoms with Gasteiger partial charge in [0.1, 0.15) is 23.7 Å². The van der Waals surface area contributed by atoms with E-state index >= 15 is 0 Å². The number of hydrogen-bond donors (Lipinski definition) is 2. The van der Waals surface area contributed by atoms with Crippen LogP contribution in [0.1, 0.15) is 65.9 Å². The van der Waals surface area contributed by atoms with Crippen molar-refractivity contribution in [3.8, 4) is 0 Å². The first kappa shape index (κ1) is 29.1. The van der Waals surface area contributed by atoms with Crippen LogP contribution in [0, 0.1) is 0 Å². The largest absolute Gasteiger partial charge is 0.444 e. The third kappa shape index (κ3) is 7.55. The van der Waals surface area contributed by atoms with E-state index in [4.69, 9.17) is 4.74 Å². The van der Waals surface area contributed by atoms with Crippen LogP contribution in [0.2, 0.25) is 0 Å². The Morgan fingerprint density at radius 3 is 2.16 bits per heavy atom. The van der Waals surface area contributed by atoms with Crippen molar-refractivity contribution in [2.75, 3.05) is 13.1 Å². The Hall–Kier alpha value is -3.43. The smallest absolute Gasteiger partial charge is 0.410 e. The topological polar surface area (TPSA) is 125 Å². The van der Waals surface area contributed by atoms with Gasteiger partial charge in [-0.2, -0.15) is 0 Å². The van der Waals surface area contributed by atoms with Gasteiger partial charge in [-0.05, 0) is 72.3 Å². The highest BCUT2D eigenvalue weighted by atomic mass is 16.6. The van der Waals surface area contributed by atoms with Crippen molar-refractivity contribution in [3.63, 3.8) is 0 Å². The van der Waals surface area contributed by atoms with E-state index in [0.29, 0.717) is 45.2 Å². The minimum Gasteiger partial charge on any atom is -0.444 e. The Balaban J connectivity index is 1.60. The van der Waals surface area contributed by atoms with Crippen molar-refractivity contribution in [2.24, 2.45) is 0 Å². The molecule has 0 aromatic heterocycles. The molecule has 4 atom stereocenters. The molecule has 4 amide bonds. The molecule has 0 spiro atoms. The fraction of sp³-hybridized carbons (Fsp3) is 0.607. The molecule has 2 aliphatic heterocycles. The van der Waals surface area contributed by atoms with E-state index < -0.39 is 47.7 Å². The maximum absolute atomic E-state index is 13.4. The molecule has 0 aliphatic carbocycles. The summed E-state index contributed by atoms with van der Waals surface area (Å²) in [6.45, 7) is 9.12. The van der Waals surface area contributed by atoms with E-state index in [2.05, 4.69) is 10.6 Å². The van der Waals surface area contributed by atoms with E-state index in [1.165, 1.54) is 16.7 Å². The molecule has 1 aromatic rings. The molecule has 0 bridgehead atoms. The zero-order chi connectivity index (χ0) is 28.0. The van der Waals surface area contributed by atoms with Gasteiger partial charge < -0.3 is 20.3 Å². The zero-order valence-electron chi connectivity index (χ0n) is 23.0. The summed E-state index contributed by atoms with van der Waals surface area (Å²) in [7, 11) is 0. The predicted octanol–water partition coefficient (Wildman–Crippen LogP) is 2.20. The zero-order valence-corrected chi connectivity index (χ0v) is 23.0. The highest BCUT2D eigenvalue weighted by molar-refractivity contribution is 5.95. The molecule has 2 N–H and O–H groups in total. The summed E-state index contributed by atoms with van der Waals surface area (Å²) in [6.07, 6.45) is 2.12. The standard InChI is InChI=1S/C28H40N4O6/c1-18(24(34)30-21(19(2)33)17-20-11-7-6-8-12-20)29-25(35)22-13-9-15-31(22)26(36)23-14-10-16-32(23)27(37)38-28(3,4)5/h6-8,11-12,18,21-23H,9-10,13-17H2,1-5H3,(H,29,35)(H,30,34). The SMILES string of the molecule is CC(=O)C(Cc1ccccc1)NC(=O)C(C)NC(=O)C1CCCN1C(=O)C1CCCN1C(=O)OC(C)(C)C. The van der Waals surface area contributed by atoms with E-state index in [0.717, 1.165) is 5.56 Å². The first-order valence-corrected chi connectivity index (χ1v) is 13.3. The number of Topliss-reactive ketones (excluding diaryl/α,β-unsaturated/α-hetero) is 1. The fourth-order valence-electron chi connectivity index (χ4n) is 4.88. The van der Waals surface area contributed by atoms with Crippen LogP contribution in [0.3, 0.4) is 0 Å². The van der Waals surface area contributed by atoms with Crippen LogP contribution in [0.25, 0.3) is 0 Å². The lowest BCUT2D eigenvalue weighted by Gasteiger charge is -2.32. The van der Waals surface area contributed by atoms with Gasteiger partial charge in [0, 0.05) is 13.1 Å². The van der Waals surface area contributed by atoms with Crippen LogP contribution in [0.15, 0.2) is 30.3 Å². The summed E-state index contributed by atoms with van der Waals surface area (Å²) in [5, 5.41) is 5.44. The summed E-state index contributed by atoms with van der Waals surface area (Å²) in [4.78, 5) is 67.2. The molecule has 10 nitrogen and oxygen atoms in total. The number of ketones is 1. The first-order chi connectivity index (χ1) is 17.9. The molecule has 10 heteroatoms. The predicted molar refractivity (Wildman–Crippen MR) is 141 cm³/mol. The number of nitrogens with zero attached hydrogens (tertiary/aromatic N) is 2. The molecular weight excluding hydrogens is 488 g/mol. The van der Waals surface area contributed by atoms with Crippen molar-refractivity contribution in [2.45, 2.75) is 96.5 Å². The van der Waals surface area contributed by atoms with Gasteiger partial charge in [-0.1, -0.05) is 30.3 Å². The quantitative estimate of drug-likeness (QED) is 0.533. The molecule has 2 fully saturated rings. The van der Waals surface area contributed by atoms with Gasteiger partial charge in [-0.15, -0.1) is 0 Å². The van der Waals surface area contributed by atoms with Gasteiger partial charge in [0.25, 0.3) is 0 Å². The Morgan fingerprint density at radius 2 is 1.55 bits per heavy atom. The van der Waals surface area contributed by atoms with Gasteiger partial charge in [0.05, 0.1) is 6.04 Å². The monoisotopic (exact) mass is 528 g/mol. The number of nitrogens with one attached hydrogen (secondary N) is 2. The maximum atomic E-state index is 13.4. The Labute approximate surface area is 224 Å². The summed E-state index contributed by atoms with van der Waals surface area (Å²) < 4.78 is 5.47. The second kappa shape index (κ2) is 12.4. The summed E-state index contributed by atoms with van der Waals surface area (Å²) >= 11 is 0. The van der Waals surface area contributed by atoms with Gasteiger partial charge in [-0.3, -0.25) is 24.1 Å². The van der Waals surface area contributed by atoms with E-state index in [1.54, 1.807) is 27.7 Å². The lowest BCUT2D eigenvalue weighted by atomic mass is 10.0. The second-order valence-electron chi connectivity index (χ2n) is 11.1. The van der Waals surface area contributed by atoms with Crippen LogP contribution in [0.4, 0.5) is 4.79 Å². The summed E-state index contributed by atoms with van der Waals surface area (Å²) in [5.74, 6) is -1.36. The number of likely N-dealkylation sites (tertiary alicyclic amines) is 2. The van der Waals surface area contributed by atoms with Crippen molar-refractivity contribution >= 4 is 29.6 Å². The molecule has 208 valence electrons. The molecule has 4 unspecified atom stereocenters.